The maximum Gasteiger partial charge on any atom is 0.124 e. The summed E-state index contributed by atoms with van der Waals surface area (Å²) < 4.78 is 0. The SMILES string of the molecule is Cc1cccc(C(=N)N)c1N(C)CCCCCO. The van der Waals surface area contributed by atoms with Crippen molar-refractivity contribution in [2.24, 2.45) is 5.73 Å². The smallest absolute Gasteiger partial charge is 0.124 e. The summed E-state index contributed by atoms with van der Waals surface area (Å²) >= 11 is 0. The van der Waals surface area contributed by atoms with Crippen LogP contribution in [-0.4, -0.2) is 31.1 Å². The molecule has 0 unspecified atom stereocenters. The lowest BCUT2D eigenvalue weighted by molar-refractivity contribution is 0.283. The molecule has 0 aliphatic rings. The van der Waals surface area contributed by atoms with Gasteiger partial charge in [-0.05, 0) is 37.8 Å². The number of nitrogens with zero attached hydrogens (tertiary/aromatic N) is 1. The average molecular weight is 249 g/mol. The van der Waals surface area contributed by atoms with Crippen LogP contribution in [0.2, 0.25) is 0 Å². The highest BCUT2D eigenvalue weighted by atomic mass is 16.2. The van der Waals surface area contributed by atoms with Gasteiger partial charge < -0.3 is 15.7 Å². The molecule has 4 nitrogen and oxygen atoms in total. The molecular formula is C14H23N3O. The van der Waals surface area contributed by atoms with E-state index in [1.807, 2.05) is 32.2 Å². The predicted molar refractivity (Wildman–Crippen MR) is 76.4 cm³/mol. The molecule has 0 heterocycles. The number of hydrogen-bond acceptors (Lipinski definition) is 3. The standard InChI is InChI=1S/C14H23N3O/c1-11-7-6-8-12(14(15)16)13(11)17(2)9-4-3-5-10-18/h6-8,18H,3-5,9-10H2,1-2H3,(H3,15,16). The molecule has 0 aliphatic heterocycles. The molecule has 100 valence electrons. The number of amidine groups is 1. The highest BCUT2D eigenvalue weighted by Crippen LogP contribution is 2.24. The molecule has 0 fully saturated rings. The number of nitrogens with two attached hydrogens (primary N) is 1. The third kappa shape index (κ3) is 3.74. The molecule has 0 saturated carbocycles. The molecule has 0 amide bonds. The van der Waals surface area contributed by atoms with E-state index in [1.54, 1.807) is 0 Å². The van der Waals surface area contributed by atoms with Gasteiger partial charge in [-0.1, -0.05) is 12.1 Å². The molecule has 18 heavy (non-hydrogen) atoms. The minimum atomic E-state index is 0.107. The fourth-order valence-electron chi connectivity index (χ4n) is 2.13. The first-order chi connectivity index (χ1) is 8.57. The van der Waals surface area contributed by atoms with Crippen molar-refractivity contribution in [1.29, 1.82) is 5.41 Å². The lowest BCUT2D eigenvalue weighted by Crippen LogP contribution is -2.24. The third-order valence-corrected chi connectivity index (χ3v) is 3.06. The van der Waals surface area contributed by atoms with Gasteiger partial charge in [-0.25, -0.2) is 0 Å². The zero-order valence-corrected chi connectivity index (χ0v) is 11.2. The van der Waals surface area contributed by atoms with Gasteiger partial charge in [-0.3, -0.25) is 5.41 Å². The normalized spacial score (nSPS) is 10.4. The average Bonchev–Trinajstić information content (AvgIpc) is 2.34. The Hall–Kier alpha value is -1.55. The topological polar surface area (TPSA) is 73.3 Å². The van der Waals surface area contributed by atoms with Crippen molar-refractivity contribution in [1.82, 2.24) is 0 Å². The summed E-state index contributed by atoms with van der Waals surface area (Å²) in [6, 6.07) is 5.84. The van der Waals surface area contributed by atoms with E-state index in [0.29, 0.717) is 0 Å². The number of aliphatic hydroxyl groups is 1. The molecule has 0 saturated heterocycles. The van der Waals surface area contributed by atoms with Gasteiger partial charge in [0.15, 0.2) is 0 Å². The van der Waals surface area contributed by atoms with E-state index in [0.717, 1.165) is 42.6 Å². The molecule has 1 aromatic carbocycles. The summed E-state index contributed by atoms with van der Waals surface area (Å²) in [6.07, 6.45) is 2.89. The van der Waals surface area contributed by atoms with Crippen molar-refractivity contribution < 1.29 is 5.11 Å². The van der Waals surface area contributed by atoms with E-state index in [4.69, 9.17) is 16.2 Å². The summed E-state index contributed by atoms with van der Waals surface area (Å²) in [7, 11) is 2.02. The Morgan fingerprint density at radius 3 is 2.67 bits per heavy atom. The van der Waals surface area contributed by atoms with Crippen LogP contribution in [0.5, 0.6) is 0 Å². The largest absolute Gasteiger partial charge is 0.396 e. The first-order valence-electron chi connectivity index (χ1n) is 6.34. The molecule has 0 spiro atoms. The van der Waals surface area contributed by atoms with E-state index in [2.05, 4.69) is 4.90 Å². The van der Waals surface area contributed by atoms with Crippen molar-refractivity contribution >= 4 is 11.5 Å². The van der Waals surface area contributed by atoms with E-state index in [1.165, 1.54) is 0 Å². The summed E-state index contributed by atoms with van der Waals surface area (Å²) in [5.41, 5.74) is 8.58. The van der Waals surface area contributed by atoms with Gasteiger partial charge in [0.1, 0.15) is 5.84 Å². The maximum absolute atomic E-state index is 8.75. The second-order valence-electron chi connectivity index (χ2n) is 4.59. The van der Waals surface area contributed by atoms with Crippen LogP contribution in [0, 0.1) is 12.3 Å². The van der Waals surface area contributed by atoms with Crippen LogP contribution in [0.25, 0.3) is 0 Å². The minimum absolute atomic E-state index is 0.107. The number of nitrogen functional groups attached to an aromatic ring is 1. The van der Waals surface area contributed by atoms with E-state index >= 15 is 0 Å². The molecule has 4 heteroatoms. The quantitative estimate of drug-likeness (QED) is 0.392. The van der Waals surface area contributed by atoms with Crippen LogP contribution in [0.1, 0.15) is 30.4 Å². The monoisotopic (exact) mass is 249 g/mol. The van der Waals surface area contributed by atoms with Gasteiger partial charge in [0, 0.05) is 25.8 Å². The van der Waals surface area contributed by atoms with Crippen LogP contribution in [-0.2, 0) is 0 Å². The van der Waals surface area contributed by atoms with Crippen LogP contribution >= 0.6 is 0 Å². The van der Waals surface area contributed by atoms with E-state index in [-0.39, 0.29) is 12.4 Å². The molecule has 1 aromatic rings. The molecule has 0 bridgehead atoms. The van der Waals surface area contributed by atoms with Crippen molar-refractivity contribution in [3.8, 4) is 0 Å². The number of hydrogen-bond donors (Lipinski definition) is 3. The number of anilines is 1. The second kappa shape index (κ2) is 7.01. The van der Waals surface area contributed by atoms with Gasteiger partial charge in [-0.15, -0.1) is 0 Å². The molecule has 0 radical (unpaired) electrons. The fourth-order valence-corrected chi connectivity index (χ4v) is 2.13. The molecular weight excluding hydrogens is 226 g/mol. The second-order valence-corrected chi connectivity index (χ2v) is 4.59. The lowest BCUT2D eigenvalue weighted by atomic mass is 10.1. The highest BCUT2D eigenvalue weighted by Gasteiger charge is 2.11. The Kier molecular flexibility index (Phi) is 5.65. The molecule has 0 atom stereocenters. The molecule has 0 aromatic heterocycles. The van der Waals surface area contributed by atoms with E-state index in [9.17, 15) is 0 Å². The van der Waals surface area contributed by atoms with Gasteiger partial charge in [0.25, 0.3) is 0 Å². The summed E-state index contributed by atoms with van der Waals surface area (Å²) in [5.74, 6) is 0.107. The Labute approximate surface area is 109 Å². The third-order valence-electron chi connectivity index (χ3n) is 3.06. The van der Waals surface area contributed by atoms with Gasteiger partial charge in [-0.2, -0.15) is 0 Å². The summed E-state index contributed by atoms with van der Waals surface area (Å²) in [5, 5.41) is 16.4. The Morgan fingerprint density at radius 2 is 2.06 bits per heavy atom. The number of benzene rings is 1. The fraction of sp³-hybridized carbons (Fsp3) is 0.500. The predicted octanol–water partition coefficient (Wildman–Crippen LogP) is 1.88. The van der Waals surface area contributed by atoms with Crippen molar-refractivity contribution in [3.63, 3.8) is 0 Å². The number of unbranched alkanes of at least 4 members (excludes halogenated alkanes) is 2. The van der Waals surface area contributed by atoms with Crippen LogP contribution < -0.4 is 10.6 Å². The van der Waals surface area contributed by atoms with E-state index < -0.39 is 0 Å². The number of para-hydroxylation sites is 1. The zero-order chi connectivity index (χ0) is 13.5. The summed E-state index contributed by atoms with van der Waals surface area (Å²) in [4.78, 5) is 2.14. The first-order valence-corrected chi connectivity index (χ1v) is 6.34. The summed E-state index contributed by atoms with van der Waals surface area (Å²) in [6.45, 7) is 3.20. The van der Waals surface area contributed by atoms with Gasteiger partial charge in [0.2, 0.25) is 0 Å². The van der Waals surface area contributed by atoms with Crippen LogP contribution in [0.15, 0.2) is 18.2 Å². The molecule has 4 N–H and O–H groups in total. The Balaban J connectivity index is 2.77. The van der Waals surface area contributed by atoms with Gasteiger partial charge >= 0.3 is 0 Å². The van der Waals surface area contributed by atoms with Crippen molar-refractivity contribution in [2.45, 2.75) is 26.2 Å². The molecule has 1 rings (SSSR count). The number of nitrogens with one attached hydrogen (secondary N) is 1. The lowest BCUT2D eigenvalue weighted by Gasteiger charge is -2.24. The van der Waals surface area contributed by atoms with Crippen LogP contribution in [0.4, 0.5) is 5.69 Å². The number of rotatable bonds is 7. The Morgan fingerprint density at radius 1 is 1.33 bits per heavy atom. The highest BCUT2D eigenvalue weighted by molar-refractivity contribution is 6.01. The first kappa shape index (κ1) is 14.5. The van der Waals surface area contributed by atoms with Crippen molar-refractivity contribution in [2.75, 3.05) is 25.1 Å². The zero-order valence-electron chi connectivity index (χ0n) is 11.2. The number of aryl methyl sites for hydroxylation is 1. The van der Waals surface area contributed by atoms with Gasteiger partial charge in [0.05, 0.1) is 5.69 Å². The van der Waals surface area contributed by atoms with Crippen LogP contribution in [0.3, 0.4) is 0 Å². The minimum Gasteiger partial charge on any atom is -0.396 e. The van der Waals surface area contributed by atoms with Crippen molar-refractivity contribution in [3.05, 3.63) is 29.3 Å². The molecule has 0 aliphatic carbocycles. The maximum atomic E-state index is 8.75. The number of aliphatic hydroxyl groups excluding tert-OH is 1. The Bertz CT molecular complexity index is 404.